The van der Waals surface area contributed by atoms with Gasteiger partial charge in [0.15, 0.2) is 0 Å². The van der Waals surface area contributed by atoms with Crippen LogP contribution in [0.4, 0.5) is 0 Å². The maximum atomic E-state index is 8.61. The Kier molecular flexibility index (Phi) is 57.4. The molecular formula is O9Tm2Zr3. The van der Waals surface area contributed by atoms with Crippen molar-refractivity contribution < 1.29 is 169 Å². The molecule has 0 aliphatic heterocycles. The average Bonchev–Trinajstić information content (AvgIpc) is 1.54. The summed E-state index contributed by atoms with van der Waals surface area (Å²) in [6.45, 7) is 0. The zero-order valence-corrected chi connectivity index (χ0v) is 16.7. The summed E-state index contributed by atoms with van der Waals surface area (Å²) in [5, 5.41) is 0. The Bertz CT molecular complexity index is 116. The first-order chi connectivity index (χ1) is 5.20. The first-order valence-electron chi connectivity index (χ1n) is 1.84. The molecule has 0 aromatic carbocycles. The molecule has 0 atom stereocenters. The first-order valence-corrected chi connectivity index (χ1v) is 10.9. The standard InChI is InChI=1S/9O.2Tm.3Zr/q;;;6*-1;2*+3;;;. The molecule has 0 aromatic rings. The Balaban J connectivity index is -0.0000000270. The fourth-order valence-corrected chi connectivity index (χ4v) is 0. The van der Waals surface area contributed by atoms with E-state index in [-0.39, 0.29) is 73.7 Å². The molecule has 9 nitrogen and oxygen atoms in total. The molecule has 0 saturated carbocycles. The maximum Gasteiger partial charge on any atom is 3.00 e. The van der Waals surface area contributed by atoms with E-state index in [1.807, 2.05) is 0 Å². The third-order valence-corrected chi connectivity index (χ3v) is 0. The van der Waals surface area contributed by atoms with E-state index in [9.17, 15) is 0 Å². The van der Waals surface area contributed by atoms with Crippen LogP contribution in [0, 0.1) is 73.7 Å². The van der Waals surface area contributed by atoms with Crippen molar-refractivity contribution in [3.05, 3.63) is 0 Å². The van der Waals surface area contributed by atoms with Crippen LogP contribution in [0.15, 0.2) is 0 Å². The summed E-state index contributed by atoms with van der Waals surface area (Å²) in [5.74, 6) is 0. The van der Waals surface area contributed by atoms with Gasteiger partial charge in [0.05, 0.1) is 0 Å². The van der Waals surface area contributed by atoms with Crippen molar-refractivity contribution >= 4 is 0 Å². The molecule has 14 heavy (non-hydrogen) atoms. The molecule has 0 aliphatic rings. The zero-order chi connectivity index (χ0) is 10.7. The van der Waals surface area contributed by atoms with Crippen LogP contribution in [0.1, 0.15) is 0 Å². The van der Waals surface area contributed by atoms with Crippen molar-refractivity contribution in [3.8, 4) is 0 Å². The van der Waals surface area contributed by atoms with Gasteiger partial charge in [0.1, 0.15) is 0 Å². The Morgan fingerprint density at radius 1 is 0.500 bits per heavy atom. The van der Waals surface area contributed by atoms with Crippen molar-refractivity contribution in [2.45, 2.75) is 0 Å². The van der Waals surface area contributed by atoms with Gasteiger partial charge in [-0.2, -0.15) is 0 Å². The van der Waals surface area contributed by atoms with Crippen LogP contribution in [0.3, 0.4) is 0 Å². The van der Waals surface area contributed by atoms with Crippen molar-refractivity contribution in [2.24, 2.45) is 0 Å². The fourth-order valence-electron chi connectivity index (χ4n) is 0. The minimum absolute atomic E-state index is 0. The number of hydrogen-bond acceptors (Lipinski definition) is 9. The van der Waals surface area contributed by atoms with Gasteiger partial charge in [0.2, 0.25) is 0 Å². The van der Waals surface area contributed by atoms with Crippen LogP contribution < -0.4 is 19.1 Å². The fraction of sp³-hybridized carbons (Fsp3) is 0. The summed E-state index contributed by atoms with van der Waals surface area (Å²) in [6.07, 6.45) is 0. The van der Waals surface area contributed by atoms with Gasteiger partial charge in [0.25, 0.3) is 0 Å². The topological polar surface area (TPSA) is 190 Å². The molecule has 14 heteroatoms. The molecule has 0 radical (unpaired) electrons. The molecule has 0 rings (SSSR count). The normalized spacial score (nSPS) is 5.57. The maximum absolute atomic E-state index is 8.61. The molecule has 92 valence electrons. The van der Waals surface area contributed by atoms with Gasteiger partial charge >= 0.3 is 169 Å². The van der Waals surface area contributed by atoms with E-state index < -0.39 is 67.9 Å². The van der Waals surface area contributed by atoms with Gasteiger partial charge in [-0.25, -0.2) is 0 Å². The zero-order valence-electron chi connectivity index (χ0n) is 5.73. The predicted molar refractivity (Wildman–Crippen MR) is 2.06 cm³/mol. The van der Waals surface area contributed by atoms with E-state index in [0.717, 1.165) is 0 Å². The molecule has 0 aliphatic carbocycles. The van der Waals surface area contributed by atoms with Crippen molar-refractivity contribution in [2.75, 3.05) is 0 Å². The van der Waals surface area contributed by atoms with Gasteiger partial charge in [-0.05, 0) is 0 Å². The van der Waals surface area contributed by atoms with Crippen LogP contribution in [-0.2, 0) is 76.3 Å². The molecular weight excluding hydrogens is 756 g/mol. The average molecular weight is 756 g/mol. The smallest absolute Gasteiger partial charge is 3.00 e. The molecule has 0 aromatic heterocycles. The minimum atomic E-state index is -4.29. The van der Waals surface area contributed by atoms with E-state index >= 15 is 0 Å². The number of rotatable bonds is 0. The second-order valence-corrected chi connectivity index (χ2v) is 4.44. The Morgan fingerprint density at radius 2 is 0.500 bits per heavy atom. The molecule has 0 N–H and O–H groups in total. The summed E-state index contributed by atoms with van der Waals surface area (Å²) < 4.78 is 77.5. The SMILES string of the molecule is [O]=[Zr]([O-])[O-].[O]=[Zr]([O-])[O-].[O]=[Zr]([O-])[O-].[Tm+3].[Tm+3]. The quantitative estimate of drug-likeness (QED) is 0.231. The van der Waals surface area contributed by atoms with Crippen molar-refractivity contribution in [1.29, 1.82) is 0 Å². The largest absolute Gasteiger partial charge is 3.00 e. The van der Waals surface area contributed by atoms with Gasteiger partial charge in [-0.1, -0.05) is 0 Å². The van der Waals surface area contributed by atoms with Crippen molar-refractivity contribution in [1.82, 2.24) is 0 Å². The van der Waals surface area contributed by atoms with Crippen molar-refractivity contribution in [3.63, 3.8) is 0 Å². The second kappa shape index (κ2) is 26.0. The Labute approximate surface area is 165 Å². The van der Waals surface area contributed by atoms with E-state index in [2.05, 4.69) is 0 Å². The molecule has 0 heterocycles. The van der Waals surface area contributed by atoms with Crippen LogP contribution in [0.25, 0.3) is 0 Å². The van der Waals surface area contributed by atoms with E-state index in [1.54, 1.807) is 0 Å². The number of hydrogen-bond donors (Lipinski definition) is 0. The molecule has 0 spiro atoms. The first kappa shape index (κ1) is 30.9. The van der Waals surface area contributed by atoms with E-state index in [4.69, 9.17) is 27.5 Å². The molecule has 0 unspecified atom stereocenters. The Morgan fingerprint density at radius 3 is 0.500 bits per heavy atom. The molecule has 0 amide bonds. The van der Waals surface area contributed by atoms with Crippen LogP contribution in [0.5, 0.6) is 0 Å². The van der Waals surface area contributed by atoms with Gasteiger partial charge < -0.3 is 0 Å². The predicted octanol–water partition coefficient (Wildman–Crippen LogP) is -7.50. The van der Waals surface area contributed by atoms with E-state index in [0.29, 0.717) is 0 Å². The molecule has 0 saturated heterocycles. The summed E-state index contributed by atoms with van der Waals surface area (Å²) in [7, 11) is 0. The summed E-state index contributed by atoms with van der Waals surface area (Å²) in [5.41, 5.74) is 0. The summed E-state index contributed by atoms with van der Waals surface area (Å²) in [4.78, 5) is 0. The van der Waals surface area contributed by atoms with Crippen LogP contribution >= 0.6 is 0 Å². The minimum Gasteiger partial charge on any atom is 3.00 e. The van der Waals surface area contributed by atoms with Gasteiger partial charge in [0, 0.05) is 0 Å². The Hall–Kier alpha value is 4.28. The van der Waals surface area contributed by atoms with E-state index in [1.165, 1.54) is 0 Å². The molecule has 0 fully saturated rings. The third kappa shape index (κ3) is 208. The third-order valence-electron chi connectivity index (χ3n) is 0. The van der Waals surface area contributed by atoms with Crippen LogP contribution in [-0.4, -0.2) is 0 Å². The second-order valence-electron chi connectivity index (χ2n) is 0.750. The monoisotopic (exact) mass is 752 g/mol. The summed E-state index contributed by atoms with van der Waals surface area (Å²) in [6, 6.07) is 0. The van der Waals surface area contributed by atoms with Gasteiger partial charge in [-0.3, -0.25) is 0 Å². The van der Waals surface area contributed by atoms with Gasteiger partial charge in [-0.15, -0.1) is 0 Å². The molecule has 0 bridgehead atoms. The van der Waals surface area contributed by atoms with Crippen LogP contribution in [0.2, 0.25) is 0 Å². The summed E-state index contributed by atoms with van der Waals surface area (Å²) >= 11 is -12.9.